The zero-order valence-electron chi connectivity index (χ0n) is 16.8. The number of ether oxygens (including phenoxy) is 1. The fourth-order valence-electron chi connectivity index (χ4n) is 3.77. The molecule has 0 saturated carbocycles. The number of amides is 1. The molecule has 0 bridgehead atoms. The summed E-state index contributed by atoms with van der Waals surface area (Å²) in [7, 11) is 1.72. The summed E-state index contributed by atoms with van der Waals surface area (Å²) in [6.45, 7) is 5.67. The highest BCUT2D eigenvalue weighted by molar-refractivity contribution is 5.95. The molecule has 7 heteroatoms. The molecule has 3 aromatic rings. The van der Waals surface area contributed by atoms with Crippen molar-refractivity contribution >= 4 is 17.1 Å². The Hall–Kier alpha value is -3.06. The summed E-state index contributed by atoms with van der Waals surface area (Å²) in [5.74, 6) is 0.896. The van der Waals surface area contributed by atoms with Gasteiger partial charge in [-0.1, -0.05) is 12.1 Å². The lowest BCUT2D eigenvalue weighted by molar-refractivity contribution is 0.0951. The van der Waals surface area contributed by atoms with Crippen LogP contribution in [0.15, 0.2) is 54.9 Å². The van der Waals surface area contributed by atoms with E-state index < -0.39 is 0 Å². The first kappa shape index (κ1) is 19.3. The van der Waals surface area contributed by atoms with Crippen molar-refractivity contribution in [2.24, 2.45) is 0 Å². The molecule has 1 aliphatic heterocycles. The molecular formula is C22H27N5O2. The van der Waals surface area contributed by atoms with Gasteiger partial charge in [0.05, 0.1) is 18.3 Å². The van der Waals surface area contributed by atoms with E-state index in [-0.39, 0.29) is 5.91 Å². The molecule has 1 fully saturated rings. The molecule has 29 heavy (non-hydrogen) atoms. The van der Waals surface area contributed by atoms with Crippen LogP contribution in [0.5, 0.6) is 5.75 Å². The lowest BCUT2D eigenvalue weighted by Crippen LogP contribution is -2.47. The van der Waals surface area contributed by atoms with Gasteiger partial charge in [-0.3, -0.25) is 9.69 Å². The van der Waals surface area contributed by atoms with Crippen LogP contribution < -0.4 is 15.0 Å². The lowest BCUT2D eigenvalue weighted by Gasteiger charge is -2.36. The number of fused-ring (bicyclic) bond motifs is 1. The van der Waals surface area contributed by atoms with Crippen LogP contribution in [0.2, 0.25) is 0 Å². The van der Waals surface area contributed by atoms with Gasteiger partial charge in [0, 0.05) is 50.7 Å². The molecule has 1 N–H and O–H groups in total. The zero-order chi connectivity index (χ0) is 20.1. The second-order valence-corrected chi connectivity index (χ2v) is 7.23. The Bertz CT molecular complexity index is 963. The number of hydrogen-bond donors (Lipinski definition) is 1. The molecule has 0 unspecified atom stereocenters. The summed E-state index contributed by atoms with van der Waals surface area (Å²) in [5.41, 5.74) is 2.76. The molecule has 0 atom stereocenters. The minimum Gasteiger partial charge on any atom is -0.495 e. The number of benzene rings is 1. The van der Waals surface area contributed by atoms with Gasteiger partial charge in [0.25, 0.3) is 5.91 Å². The van der Waals surface area contributed by atoms with E-state index in [1.54, 1.807) is 23.9 Å². The fourth-order valence-corrected chi connectivity index (χ4v) is 3.77. The summed E-state index contributed by atoms with van der Waals surface area (Å²) in [6, 6.07) is 13.7. The third-order valence-electron chi connectivity index (χ3n) is 5.40. The molecule has 152 valence electrons. The van der Waals surface area contributed by atoms with E-state index >= 15 is 0 Å². The first-order chi connectivity index (χ1) is 14.2. The second kappa shape index (κ2) is 8.96. The van der Waals surface area contributed by atoms with Crippen molar-refractivity contribution in [3.8, 4) is 5.75 Å². The summed E-state index contributed by atoms with van der Waals surface area (Å²) in [4.78, 5) is 17.2. The average Bonchev–Trinajstić information content (AvgIpc) is 3.25. The third-order valence-corrected chi connectivity index (χ3v) is 5.40. The topological polar surface area (TPSA) is 62.1 Å². The van der Waals surface area contributed by atoms with Crippen molar-refractivity contribution in [2.45, 2.75) is 6.42 Å². The maximum absolute atomic E-state index is 12.3. The van der Waals surface area contributed by atoms with Crippen molar-refractivity contribution in [3.63, 3.8) is 0 Å². The van der Waals surface area contributed by atoms with Crippen molar-refractivity contribution < 1.29 is 9.53 Å². The van der Waals surface area contributed by atoms with Crippen LogP contribution in [-0.4, -0.2) is 66.8 Å². The van der Waals surface area contributed by atoms with Gasteiger partial charge in [0.2, 0.25) is 0 Å². The summed E-state index contributed by atoms with van der Waals surface area (Å²) < 4.78 is 7.23. The monoisotopic (exact) mass is 393 g/mol. The molecule has 1 aromatic carbocycles. The van der Waals surface area contributed by atoms with E-state index in [1.165, 1.54) is 0 Å². The minimum absolute atomic E-state index is 0.0327. The number of aromatic nitrogens is 2. The maximum Gasteiger partial charge on any atom is 0.251 e. The molecule has 1 saturated heterocycles. The molecule has 1 amide bonds. The minimum atomic E-state index is -0.0327. The number of nitrogens with zero attached hydrogens (tertiary/aromatic N) is 4. The van der Waals surface area contributed by atoms with Gasteiger partial charge >= 0.3 is 0 Å². The molecule has 2 aromatic heterocycles. The van der Waals surface area contributed by atoms with Crippen LogP contribution in [0.25, 0.3) is 5.52 Å². The molecule has 0 aliphatic carbocycles. The lowest BCUT2D eigenvalue weighted by atomic mass is 10.2. The van der Waals surface area contributed by atoms with E-state index in [9.17, 15) is 4.79 Å². The molecule has 3 heterocycles. The Labute approximate surface area is 170 Å². The Morgan fingerprint density at radius 1 is 1.14 bits per heavy atom. The number of rotatable bonds is 7. The van der Waals surface area contributed by atoms with Crippen LogP contribution >= 0.6 is 0 Å². The quantitative estimate of drug-likeness (QED) is 0.624. The van der Waals surface area contributed by atoms with E-state index in [4.69, 9.17) is 4.74 Å². The number of anilines is 1. The number of carbonyl (C=O) groups is 1. The number of piperazine rings is 1. The number of pyridine rings is 1. The van der Waals surface area contributed by atoms with Gasteiger partial charge in [-0.25, -0.2) is 4.52 Å². The molecule has 1 aliphatic rings. The highest BCUT2D eigenvalue weighted by Crippen LogP contribution is 2.28. The number of hydrogen-bond acceptors (Lipinski definition) is 5. The molecule has 7 nitrogen and oxygen atoms in total. The highest BCUT2D eigenvalue weighted by atomic mass is 16.5. The first-order valence-corrected chi connectivity index (χ1v) is 10.1. The van der Waals surface area contributed by atoms with E-state index in [0.29, 0.717) is 12.1 Å². The van der Waals surface area contributed by atoms with Gasteiger partial charge in [-0.15, -0.1) is 0 Å². The number of methoxy groups -OCH3 is 1. The van der Waals surface area contributed by atoms with Crippen LogP contribution in [0.3, 0.4) is 0 Å². The summed E-state index contributed by atoms with van der Waals surface area (Å²) >= 11 is 0. The average molecular weight is 393 g/mol. The molecular weight excluding hydrogens is 366 g/mol. The largest absolute Gasteiger partial charge is 0.495 e. The Balaban J connectivity index is 1.19. The van der Waals surface area contributed by atoms with Gasteiger partial charge in [0.1, 0.15) is 5.75 Å². The van der Waals surface area contributed by atoms with Crippen LogP contribution in [0, 0.1) is 0 Å². The van der Waals surface area contributed by atoms with Gasteiger partial charge < -0.3 is 15.0 Å². The molecule has 0 spiro atoms. The fraction of sp³-hybridized carbons (Fsp3) is 0.364. The van der Waals surface area contributed by atoms with Crippen LogP contribution in [0.1, 0.15) is 16.8 Å². The Morgan fingerprint density at radius 2 is 1.97 bits per heavy atom. The molecule has 4 rings (SSSR count). The van der Waals surface area contributed by atoms with Crippen LogP contribution in [0.4, 0.5) is 5.69 Å². The third kappa shape index (κ3) is 4.51. The van der Waals surface area contributed by atoms with Crippen molar-refractivity contribution in [3.05, 3.63) is 60.4 Å². The normalized spacial score (nSPS) is 14.9. The number of carbonyl (C=O) groups excluding carboxylic acids is 1. The first-order valence-electron chi connectivity index (χ1n) is 10.1. The van der Waals surface area contributed by atoms with E-state index in [1.807, 2.05) is 30.5 Å². The highest BCUT2D eigenvalue weighted by Gasteiger charge is 2.19. The van der Waals surface area contributed by atoms with Crippen molar-refractivity contribution in [1.29, 1.82) is 0 Å². The summed E-state index contributed by atoms with van der Waals surface area (Å²) in [5, 5.41) is 7.17. The number of para-hydroxylation sites is 2. The van der Waals surface area contributed by atoms with E-state index in [2.05, 4.69) is 32.3 Å². The predicted molar refractivity (Wildman–Crippen MR) is 114 cm³/mol. The Kier molecular flexibility index (Phi) is 5.95. The van der Waals surface area contributed by atoms with Gasteiger partial charge in [-0.2, -0.15) is 5.10 Å². The van der Waals surface area contributed by atoms with Crippen LogP contribution in [-0.2, 0) is 0 Å². The summed E-state index contributed by atoms with van der Waals surface area (Å²) in [6.07, 6.45) is 4.48. The van der Waals surface area contributed by atoms with Gasteiger partial charge in [0.15, 0.2) is 0 Å². The number of nitrogens with one attached hydrogen (secondary N) is 1. The predicted octanol–water partition coefficient (Wildman–Crippen LogP) is 2.29. The van der Waals surface area contributed by atoms with Crippen molar-refractivity contribution in [1.82, 2.24) is 19.8 Å². The second-order valence-electron chi connectivity index (χ2n) is 7.23. The Morgan fingerprint density at radius 3 is 2.79 bits per heavy atom. The SMILES string of the molecule is COc1ccccc1N1CCN(CCCNC(=O)c2ccn3nccc3c2)CC1. The standard InChI is InChI=1S/C22H27N5O2/c1-29-21-6-3-2-5-20(21)26-15-13-25(14-16-26)11-4-9-23-22(28)18-8-12-27-19(17-18)7-10-24-27/h2-3,5-8,10,12,17H,4,9,11,13-16H2,1H3,(H,23,28). The zero-order valence-corrected chi connectivity index (χ0v) is 16.8. The van der Waals surface area contributed by atoms with Gasteiger partial charge in [-0.05, 0) is 43.3 Å². The molecule has 0 radical (unpaired) electrons. The van der Waals surface area contributed by atoms with E-state index in [0.717, 1.165) is 56.1 Å². The smallest absolute Gasteiger partial charge is 0.251 e. The maximum atomic E-state index is 12.3. The van der Waals surface area contributed by atoms with Crippen molar-refractivity contribution in [2.75, 3.05) is 51.3 Å².